The van der Waals surface area contributed by atoms with E-state index in [9.17, 15) is 14.4 Å². The molecule has 4 aromatic rings. The lowest BCUT2D eigenvalue weighted by atomic mass is 10.0. The maximum absolute atomic E-state index is 16.1. The van der Waals surface area contributed by atoms with Gasteiger partial charge in [-0.2, -0.15) is 4.98 Å². The van der Waals surface area contributed by atoms with Gasteiger partial charge in [0.15, 0.2) is 11.5 Å². The van der Waals surface area contributed by atoms with E-state index in [2.05, 4.69) is 26.8 Å². The molecule has 5 heterocycles. The Hall–Kier alpha value is -5.00. The van der Waals surface area contributed by atoms with Crippen molar-refractivity contribution in [1.29, 1.82) is 0 Å². The Morgan fingerprint density at radius 2 is 1.93 bits per heavy atom. The maximum Gasteiger partial charge on any atom is 0.355 e. The van der Waals surface area contributed by atoms with E-state index in [0.29, 0.717) is 36.5 Å². The number of nitrogens with one attached hydrogen (secondary N) is 1. The van der Waals surface area contributed by atoms with E-state index >= 15 is 8.78 Å². The summed E-state index contributed by atoms with van der Waals surface area (Å²) in [7, 11) is 0. The summed E-state index contributed by atoms with van der Waals surface area (Å²) in [5.41, 5.74) is 0.202. The number of hydrogen-bond donors (Lipinski definition) is 1. The molecule has 2 amide bonds. The van der Waals surface area contributed by atoms with Crippen molar-refractivity contribution in [2.75, 3.05) is 23.3 Å². The number of piperazine rings is 1. The minimum Gasteiger partial charge on any atom is -0.349 e. The Morgan fingerprint density at radius 3 is 2.70 bits per heavy atom. The van der Waals surface area contributed by atoms with Crippen LogP contribution >= 0.6 is 0 Å². The van der Waals surface area contributed by atoms with Gasteiger partial charge in [0, 0.05) is 19.3 Å². The van der Waals surface area contributed by atoms with Crippen molar-refractivity contribution >= 4 is 34.4 Å². The van der Waals surface area contributed by atoms with Gasteiger partial charge in [0.1, 0.15) is 17.3 Å². The van der Waals surface area contributed by atoms with Crippen LogP contribution in [0.15, 0.2) is 54.0 Å². The molecular weight excluding hydrogens is 556 g/mol. The molecule has 1 saturated carbocycles. The first-order valence-corrected chi connectivity index (χ1v) is 14.1. The van der Waals surface area contributed by atoms with Crippen LogP contribution in [0.2, 0.25) is 0 Å². The van der Waals surface area contributed by atoms with E-state index < -0.39 is 23.2 Å². The molecule has 218 valence electrons. The number of rotatable bonds is 3. The van der Waals surface area contributed by atoms with Crippen LogP contribution in [0.25, 0.3) is 28.0 Å². The lowest BCUT2D eigenvalue weighted by molar-refractivity contribution is -0.127. The van der Waals surface area contributed by atoms with Gasteiger partial charge in [-0.3, -0.25) is 14.6 Å². The second kappa shape index (κ2) is 9.79. The normalized spacial score (nSPS) is 19.0. The Labute approximate surface area is 244 Å². The van der Waals surface area contributed by atoms with Crippen LogP contribution in [0.3, 0.4) is 0 Å². The topological polar surface area (TPSA) is 113 Å². The van der Waals surface area contributed by atoms with Crippen molar-refractivity contribution in [3.8, 4) is 16.9 Å². The van der Waals surface area contributed by atoms with Gasteiger partial charge in [0.2, 0.25) is 11.8 Å². The third-order valence-corrected chi connectivity index (χ3v) is 8.32. The highest BCUT2D eigenvalue weighted by molar-refractivity contribution is 5.99. The largest absolute Gasteiger partial charge is 0.355 e. The smallest absolute Gasteiger partial charge is 0.349 e. The fraction of sp³-hybridized carbons (Fsp3) is 0.290. The van der Waals surface area contributed by atoms with Gasteiger partial charge in [0.05, 0.1) is 46.5 Å². The molecule has 0 radical (unpaired) electrons. The molecule has 3 aliphatic rings. The van der Waals surface area contributed by atoms with Crippen LogP contribution in [0.1, 0.15) is 37.4 Å². The Bertz CT molecular complexity index is 1940. The number of anilines is 2. The zero-order chi connectivity index (χ0) is 30.2. The molecule has 1 aliphatic carbocycles. The number of carbonyl (C=O) groups is 2. The number of aromatic nitrogens is 4. The van der Waals surface area contributed by atoms with E-state index in [4.69, 9.17) is 0 Å². The molecule has 0 spiro atoms. The molecule has 12 heteroatoms. The molecular formula is C31H27F2N7O3. The number of benzene rings is 1. The zero-order valence-corrected chi connectivity index (χ0v) is 23.5. The Morgan fingerprint density at radius 1 is 1.12 bits per heavy atom. The summed E-state index contributed by atoms with van der Waals surface area (Å²) in [5, 5.41) is 2.95. The minimum absolute atomic E-state index is 0.0596. The quantitative estimate of drug-likeness (QED) is 0.366. The maximum atomic E-state index is 16.1. The summed E-state index contributed by atoms with van der Waals surface area (Å²) >= 11 is 0. The first kappa shape index (κ1) is 26.9. The van der Waals surface area contributed by atoms with Crippen LogP contribution in [-0.4, -0.2) is 61.4 Å². The lowest BCUT2D eigenvalue weighted by Crippen LogP contribution is -2.49. The zero-order valence-electron chi connectivity index (χ0n) is 23.5. The molecule has 7 rings (SSSR count). The number of pyridine rings is 2. The summed E-state index contributed by atoms with van der Waals surface area (Å²) in [6.07, 6.45) is 3.35. The Kier molecular flexibility index (Phi) is 6.12. The molecule has 2 bridgehead atoms. The van der Waals surface area contributed by atoms with Crippen LogP contribution in [0, 0.1) is 11.6 Å². The molecule has 10 nitrogen and oxygen atoms in total. The molecule has 2 fully saturated rings. The summed E-state index contributed by atoms with van der Waals surface area (Å²) in [6.45, 7) is 8.14. The van der Waals surface area contributed by atoms with E-state index in [0.717, 1.165) is 6.07 Å². The Balaban J connectivity index is 1.54. The highest BCUT2D eigenvalue weighted by Gasteiger charge is 2.51. The van der Waals surface area contributed by atoms with Gasteiger partial charge < -0.3 is 15.1 Å². The number of nitrogens with zero attached hydrogens (tertiary/aromatic N) is 6. The highest BCUT2D eigenvalue weighted by Crippen LogP contribution is 2.42. The molecule has 2 atom stereocenters. The van der Waals surface area contributed by atoms with Crippen molar-refractivity contribution in [3.05, 3.63) is 82.6 Å². The molecule has 3 aromatic heterocycles. The third-order valence-electron chi connectivity index (χ3n) is 8.32. The van der Waals surface area contributed by atoms with E-state index in [-0.39, 0.29) is 64.1 Å². The second-order valence-corrected chi connectivity index (χ2v) is 11.3. The van der Waals surface area contributed by atoms with Gasteiger partial charge in [-0.15, -0.1) is 0 Å². The van der Waals surface area contributed by atoms with Crippen LogP contribution in [0.4, 0.5) is 20.3 Å². The lowest BCUT2D eigenvalue weighted by Gasteiger charge is -2.35. The monoisotopic (exact) mass is 583 g/mol. The summed E-state index contributed by atoms with van der Waals surface area (Å²) in [6, 6.07) is 6.72. The van der Waals surface area contributed by atoms with E-state index in [1.165, 1.54) is 28.8 Å². The van der Waals surface area contributed by atoms with Gasteiger partial charge in [-0.25, -0.2) is 23.1 Å². The van der Waals surface area contributed by atoms with Crippen molar-refractivity contribution in [1.82, 2.24) is 24.4 Å². The van der Waals surface area contributed by atoms with E-state index in [1.54, 1.807) is 17.2 Å². The number of hydrogen-bond acceptors (Lipinski definition) is 7. The first-order valence-electron chi connectivity index (χ1n) is 14.1. The molecule has 2 aliphatic heterocycles. The van der Waals surface area contributed by atoms with Gasteiger partial charge in [0.25, 0.3) is 0 Å². The van der Waals surface area contributed by atoms with Crippen molar-refractivity contribution in [2.24, 2.45) is 0 Å². The summed E-state index contributed by atoms with van der Waals surface area (Å²) in [5.74, 6) is -2.20. The van der Waals surface area contributed by atoms with Crippen LogP contribution in [0.5, 0.6) is 0 Å². The summed E-state index contributed by atoms with van der Waals surface area (Å²) in [4.78, 5) is 57.0. The molecule has 1 N–H and O–H groups in total. The first-order chi connectivity index (χ1) is 20.7. The van der Waals surface area contributed by atoms with Gasteiger partial charge in [-0.05, 0) is 48.2 Å². The van der Waals surface area contributed by atoms with Crippen LogP contribution < -0.4 is 15.9 Å². The van der Waals surface area contributed by atoms with Gasteiger partial charge >= 0.3 is 5.69 Å². The van der Waals surface area contributed by atoms with Gasteiger partial charge in [-0.1, -0.05) is 26.5 Å². The molecule has 1 saturated heterocycles. The number of carbonyl (C=O) groups excluding carboxylic acids is 2. The van der Waals surface area contributed by atoms with E-state index in [1.807, 2.05) is 18.7 Å². The SMILES string of the molecule is C=CC(=O)N1CCN(c2nc(=O)n3c4nc(c(F)cc24)-c2c(F)cccc2NC(=O)Cc2ccnc(C(C)C)c2-3)[C@H]2C[C@H]21. The number of fused-ring (bicyclic) bond motifs is 6. The fourth-order valence-corrected chi connectivity index (χ4v) is 6.31. The predicted octanol–water partition coefficient (Wildman–Crippen LogP) is 3.71. The predicted molar refractivity (Wildman–Crippen MR) is 156 cm³/mol. The average molecular weight is 584 g/mol. The highest BCUT2D eigenvalue weighted by atomic mass is 19.1. The minimum atomic E-state index is -0.844. The molecule has 1 aromatic carbocycles. The van der Waals surface area contributed by atoms with Crippen molar-refractivity contribution in [3.63, 3.8) is 0 Å². The standard InChI is InChI=1S/C31H27F2N7O3/c1-4-24(42)38-10-11-39(22-14-21(22)38)29-17-13-19(33)27-25-18(32)6-5-7-20(25)35-23(41)12-16-8-9-34-26(15(2)3)28(16)40(30(17)36-27)31(43)37-29/h4-9,13,15,21-22H,1,10-12,14H2,2-3H3,(H,35,41)/t21-,22+/m1/s1. The molecule has 43 heavy (non-hydrogen) atoms. The molecule has 0 unspecified atom stereocenters. The van der Waals surface area contributed by atoms with Crippen molar-refractivity contribution in [2.45, 2.75) is 44.7 Å². The second-order valence-electron chi connectivity index (χ2n) is 11.3. The average Bonchev–Trinajstić information content (AvgIpc) is 3.77. The van der Waals surface area contributed by atoms with Crippen molar-refractivity contribution < 1.29 is 18.4 Å². The summed E-state index contributed by atoms with van der Waals surface area (Å²) < 4.78 is 32.7. The third kappa shape index (κ3) is 4.19. The number of halogens is 2. The number of amides is 2. The fourth-order valence-electron chi connectivity index (χ4n) is 6.31. The van der Waals surface area contributed by atoms with Crippen LogP contribution in [-0.2, 0) is 16.0 Å².